The van der Waals surface area contributed by atoms with Crippen LogP contribution in [0.2, 0.25) is 0 Å². The van der Waals surface area contributed by atoms with E-state index in [2.05, 4.69) is 0 Å². The Kier molecular flexibility index (Phi) is 62.0. The fourth-order valence-electron chi connectivity index (χ4n) is 0. The molecule has 0 N–H and O–H groups in total. The van der Waals surface area contributed by atoms with E-state index in [0.717, 1.165) is 0 Å². The van der Waals surface area contributed by atoms with Crippen LogP contribution in [-0.4, -0.2) is 0 Å². The molecule has 0 aliphatic rings. The van der Waals surface area contributed by atoms with Gasteiger partial charge in [0.2, 0.25) is 0 Å². The molecule has 0 spiro atoms. The van der Waals surface area contributed by atoms with Gasteiger partial charge in [0.25, 0.3) is 0 Å². The third-order valence-electron chi connectivity index (χ3n) is 0. The van der Waals surface area contributed by atoms with Crippen molar-refractivity contribution in [2.45, 2.75) is 0 Å². The first-order valence-electron chi connectivity index (χ1n) is 0.105. The Morgan fingerprint density at radius 2 is 1.25 bits per heavy atom. The van der Waals surface area contributed by atoms with Crippen molar-refractivity contribution in [3.05, 3.63) is 0 Å². The maximum Gasteiger partial charge on any atom is 0 e. The van der Waals surface area contributed by atoms with Crippen molar-refractivity contribution in [2.75, 3.05) is 0 Å². The molecule has 0 saturated carbocycles. The Labute approximate surface area is 116 Å². The summed E-state index contributed by atoms with van der Waals surface area (Å²) in [6.07, 6.45) is 0. The third kappa shape index (κ3) is 9.25. The summed E-state index contributed by atoms with van der Waals surface area (Å²) in [6, 6.07) is 0. The monoisotopic (exact) mass is 534 g/mol. The fourth-order valence-corrected chi connectivity index (χ4v) is 0. The minimum absolute atomic E-state index is 0. The second-order valence-corrected chi connectivity index (χ2v) is 0. The van der Waals surface area contributed by atoms with E-state index in [4.69, 9.17) is 1.54 Å². The van der Waals surface area contributed by atoms with Crippen molar-refractivity contribution >= 4 is 0 Å². The van der Waals surface area contributed by atoms with Crippen LogP contribution < -0.4 is 0 Å². The molecule has 0 atom stereocenters. The predicted molar refractivity (Wildman–Crippen MR) is 0.686 cm³/mol. The minimum atomic E-state index is 0. The molecule has 1 nitrogen and oxygen atoms in total. The molecule has 0 fully saturated rings. The summed E-state index contributed by atoms with van der Waals surface area (Å²) >= 11 is 1.58. The smallest absolute Gasteiger partial charge is 0 e. The van der Waals surface area contributed by atoms with Gasteiger partial charge in [-0.25, -0.2) is 0 Å². The zero-order valence-electron chi connectivity index (χ0n) is 1.21. The van der Waals surface area contributed by atoms with E-state index < -0.39 is 0 Å². The van der Waals surface area contributed by atoms with E-state index in [1.807, 2.05) is 0 Å². The average molecular weight is 533 g/mol. The molecule has 0 aromatic heterocycles. The van der Waals surface area contributed by atoms with E-state index >= 15 is 0 Å². The predicted octanol–water partition coefficient (Wildman–Crippen LogP) is -0.119. The molecular weight excluding hydrogens is 533 g/mol. The zero-order chi connectivity index (χ0) is 2.00. The van der Waals surface area contributed by atoms with Crippen LogP contribution in [0.25, 0.3) is 0 Å². The summed E-state index contributed by atoms with van der Waals surface area (Å²) < 4.78 is 8.08. The van der Waals surface area contributed by atoms with Gasteiger partial charge in [-0.1, -0.05) is 0 Å². The van der Waals surface area contributed by atoms with Crippen molar-refractivity contribution < 1.29 is 120 Å². The van der Waals surface area contributed by atoms with Gasteiger partial charge < -0.3 is 0 Å². The molecule has 0 heterocycles. The topological polar surface area (TPSA) is 17.1 Å². The Balaban J connectivity index is -0.00000000500. The van der Waals surface area contributed by atoms with Gasteiger partial charge in [-0.15, -0.1) is 0 Å². The zero-order valence-corrected chi connectivity index (χ0v) is 6.36. The first-order valence-corrected chi connectivity index (χ1v) is 0.782. The summed E-state index contributed by atoms with van der Waals surface area (Å²) in [6.45, 7) is 0. The molecule has 0 saturated heterocycles. The van der Waals surface area contributed by atoms with Gasteiger partial charge in [-0.2, -0.15) is 0 Å². The van der Waals surface area contributed by atoms with Crippen molar-refractivity contribution in [3.63, 3.8) is 0 Å². The normalized spacial score (nSPS) is 1.50. The molecule has 0 aliphatic carbocycles. The average Bonchev–Trinajstić information content (AvgIpc) is 1.00. The van der Waals surface area contributed by atoms with Crippen molar-refractivity contribution in [1.82, 2.24) is 0 Å². The quantitative estimate of drug-likeness (QED) is 0.425. The van der Waals surface area contributed by atoms with Crippen LogP contribution >= 0.6 is 0 Å². The molecule has 0 bridgehead atoms. The molecule has 48 valence electrons. The maximum atomic E-state index is 8.08. The van der Waals surface area contributed by atoms with Gasteiger partial charge in [0.05, 0.1) is 0 Å². The Bertz CT molecular complexity index is 8.00. The summed E-state index contributed by atoms with van der Waals surface area (Å²) in [5.41, 5.74) is 0. The van der Waals surface area contributed by atoms with Crippen LogP contribution in [0, 0.1) is 119 Å². The maximum absolute atomic E-state index is 8.08. The van der Waals surface area contributed by atoms with Crippen LogP contribution in [0.5, 0.6) is 0 Å². The van der Waals surface area contributed by atoms with Gasteiger partial charge in [-0.3, -0.25) is 0 Å². The van der Waals surface area contributed by atoms with Gasteiger partial charge >= 0.3 is 36.6 Å². The van der Waals surface area contributed by atoms with Crippen molar-refractivity contribution in [3.8, 4) is 0 Å². The number of hydrogen-bond donors (Lipinski definition) is 0. The summed E-state index contributed by atoms with van der Waals surface area (Å²) in [4.78, 5) is 0. The fraction of sp³-hybridized carbons (Fsp3) is 0. The van der Waals surface area contributed by atoms with Gasteiger partial charge in [0.1, 0.15) is 0 Å². The molecule has 4 heavy (non-hydrogen) atoms. The number of rotatable bonds is 0. The molecular formula is LuOTmYb. The van der Waals surface area contributed by atoms with Crippen LogP contribution in [0.4, 0.5) is 0 Å². The molecule has 0 aromatic carbocycles. The molecule has 0 aromatic rings. The summed E-state index contributed by atoms with van der Waals surface area (Å²) in [5.74, 6) is 0. The van der Waals surface area contributed by atoms with E-state index in [-0.39, 0.29) is 83.8 Å². The number of hydrogen-bond acceptors (Lipinski definition) is 1. The Morgan fingerprint density at radius 1 is 1.25 bits per heavy atom. The molecule has 1 radical (unpaired) electrons. The third-order valence-corrected chi connectivity index (χ3v) is 0. The largest absolute Gasteiger partial charge is 0 e. The molecule has 0 amide bonds. The molecule has 4 heteroatoms. The second-order valence-electron chi connectivity index (χ2n) is 0. The van der Waals surface area contributed by atoms with Crippen molar-refractivity contribution in [2.24, 2.45) is 0 Å². The van der Waals surface area contributed by atoms with E-state index in [1.165, 1.54) is 0 Å². The first-order chi connectivity index (χ1) is 1.00. The Morgan fingerprint density at radius 3 is 1.25 bits per heavy atom. The van der Waals surface area contributed by atoms with Gasteiger partial charge in [0.15, 0.2) is 0 Å². The summed E-state index contributed by atoms with van der Waals surface area (Å²) in [7, 11) is 0. The summed E-state index contributed by atoms with van der Waals surface area (Å²) in [5, 5.41) is 0. The van der Waals surface area contributed by atoms with Gasteiger partial charge in [-0.05, 0) is 0 Å². The van der Waals surface area contributed by atoms with E-state index in [1.54, 1.807) is 35.0 Å². The van der Waals surface area contributed by atoms with Crippen LogP contribution in [-0.2, 0) is 1.54 Å². The molecule has 0 aliphatic heterocycles. The van der Waals surface area contributed by atoms with Crippen LogP contribution in [0.1, 0.15) is 0 Å². The van der Waals surface area contributed by atoms with Crippen LogP contribution in [0.15, 0.2) is 0 Å². The molecule has 0 rings (SSSR count). The first kappa shape index (κ1) is 15.7. The standard InChI is InChI=1S/Lu.O.Tm.Yb. The van der Waals surface area contributed by atoms with E-state index in [0.29, 0.717) is 0 Å². The van der Waals surface area contributed by atoms with Crippen molar-refractivity contribution in [1.29, 1.82) is 0 Å². The second kappa shape index (κ2) is 15.8. The minimum Gasteiger partial charge on any atom is 0 e. The van der Waals surface area contributed by atoms with Crippen LogP contribution in [0.3, 0.4) is 0 Å². The SMILES string of the molecule is [O]=[Lu].[Tm].[Yb]. The Hall–Kier alpha value is 3.79. The molecule has 0 unspecified atom stereocenters. The van der Waals surface area contributed by atoms with Gasteiger partial charge in [0, 0.05) is 83.8 Å². The van der Waals surface area contributed by atoms with E-state index in [9.17, 15) is 0 Å².